The normalized spacial score (nSPS) is 13.4. The lowest BCUT2D eigenvalue weighted by Crippen LogP contribution is -2.53. The molecule has 1 aromatic carbocycles. The number of ether oxygens (including phenoxy) is 4. The highest BCUT2D eigenvalue weighted by molar-refractivity contribution is 5.81. The molecule has 0 fully saturated rings. The minimum Gasteiger partial charge on any atom is -0.468 e. The summed E-state index contributed by atoms with van der Waals surface area (Å²) in [5.41, 5.74) is 5.52. The second kappa shape index (κ2) is 15.2. The Morgan fingerprint density at radius 1 is 0.889 bits per heavy atom. The highest BCUT2D eigenvalue weighted by Gasteiger charge is 2.38. The van der Waals surface area contributed by atoms with Gasteiger partial charge in [-0.15, -0.1) is 0 Å². The van der Waals surface area contributed by atoms with Crippen molar-refractivity contribution >= 4 is 23.9 Å². The molecule has 0 amide bonds. The summed E-state index contributed by atoms with van der Waals surface area (Å²) < 4.78 is 21.2. The molecule has 0 bridgehead atoms. The number of rotatable bonds is 15. The van der Waals surface area contributed by atoms with Gasteiger partial charge in [0, 0.05) is 32.1 Å². The molecule has 2 N–H and O–H groups in total. The first-order chi connectivity index (χ1) is 16.9. The van der Waals surface area contributed by atoms with Crippen molar-refractivity contribution in [1.82, 2.24) is 0 Å². The fourth-order valence-electron chi connectivity index (χ4n) is 3.62. The van der Waals surface area contributed by atoms with E-state index in [0.29, 0.717) is 30.7 Å². The zero-order valence-corrected chi connectivity index (χ0v) is 22.4. The number of hydrogen-bond acceptors (Lipinski definition) is 9. The smallest absolute Gasteiger partial charge is 0.326 e. The fourth-order valence-corrected chi connectivity index (χ4v) is 3.62. The van der Waals surface area contributed by atoms with Crippen LogP contribution < -0.4 is 15.2 Å². The second-order valence-corrected chi connectivity index (χ2v) is 9.49. The van der Waals surface area contributed by atoms with Gasteiger partial charge in [0.1, 0.15) is 11.6 Å². The summed E-state index contributed by atoms with van der Waals surface area (Å²) in [7, 11) is 1.23. The number of methoxy groups -OCH3 is 1. The third-order valence-electron chi connectivity index (χ3n) is 5.39. The molecule has 1 unspecified atom stereocenters. The molecule has 0 radical (unpaired) electrons. The van der Waals surface area contributed by atoms with Crippen LogP contribution in [0, 0.1) is 5.92 Å². The highest BCUT2D eigenvalue weighted by Crippen LogP contribution is 2.32. The maximum absolute atomic E-state index is 12.7. The van der Waals surface area contributed by atoms with Crippen LogP contribution in [0.3, 0.4) is 0 Å². The van der Waals surface area contributed by atoms with Crippen LogP contribution >= 0.6 is 0 Å². The summed E-state index contributed by atoms with van der Waals surface area (Å²) in [6, 6.07) is 4.66. The van der Waals surface area contributed by atoms with Gasteiger partial charge in [0.25, 0.3) is 0 Å². The molecule has 1 aromatic rings. The summed E-state index contributed by atoms with van der Waals surface area (Å²) in [6.45, 7) is 9.40. The zero-order valence-electron chi connectivity index (χ0n) is 22.4. The first-order valence-corrected chi connectivity index (χ1v) is 12.5. The lowest BCUT2D eigenvalue weighted by Gasteiger charge is -2.29. The fraction of sp³-hybridized carbons (Fsp3) is 0.630. The molecule has 36 heavy (non-hydrogen) atoms. The predicted octanol–water partition coefficient (Wildman–Crippen LogP) is 4.27. The van der Waals surface area contributed by atoms with E-state index in [2.05, 4.69) is 0 Å². The third-order valence-corrected chi connectivity index (χ3v) is 5.39. The Morgan fingerprint density at radius 3 is 2.00 bits per heavy atom. The Morgan fingerprint density at radius 2 is 1.47 bits per heavy atom. The topological polar surface area (TPSA) is 131 Å². The second-order valence-electron chi connectivity index (χ2n) is 9.49. The van der Waals surface area contributed by atoms with E-state index < -0.39 is 29.6 Å². The lowest BCUT2D eigenvalue weighted by molar-refractivity contribution is -0.155. The quantitative estimate of drug-likeness (QED) is 0.273. The Bertz CT molecular complexity index is 898. The van der Waals surface area contributed by atoms with E-state index in [1.165, 1.54) is 19.2 Å². The van der Waals surface area contributed by atoms with Crippen molar-refractivity contribution in [2.75, 3.05) is 7.11 Å². The van der Waals surface area contributed by atoms with Crippen LogP contribution in [0.2, 0.25) is 0 Å². The van der Waals surface area contributed by atoms with Crippen molar-refractivity contribution in [1.29, 1.82) is 0 Å². The molecule has 202 valence electrons. The van der Waals surface area contributed by atoms with Crippen molar-refractivity contribution in [3.63, 3.8) is 0 Å². The van der Waals surface area contributed by atoms with E-state index in [1.54, 1.807) is 13.0 Å². The first kappa shape index (κ1) is 31.1. The number of esters is 4. The van der Waals surface area contributed by atoms with Gasteiger partial charge in [0.2, 0.25) is 0 Å². The van der Waals surface area contributed by atoms with Gasteiger partial charge < -0.3 is 24.7 Å². The van der Waals surface area contributed by atoms with E-state index in [1.807, 2.05) is 27.7 Å². The summed E-state index contributed by atoms with van der Waals surface area (Å²) in [5, 5.41) is 0. The average Bonchev–Trinajstić information content (AvgIpc) is 2.78. The Labute approximate surface area is 214 Å². The van der Waals surface area contributed by atoms with Crippen LogP contribution in [0.5, 0.6) is 11.5 Å². The van der Waals surface area contributed by atoms with Crippen LogP contribution in [0.1, 0.15) is 85.1 Å². The van der Waals surface area contributed by atoms with Gasteiger partial charge in [-0.3, -0.25) is 19.2 Å². The zero-order chi connectivity index (χ0) is 27.3. The van der Waals surface area contributed by atoms with Crippen LogP contribution in [0.15, 0.2) is 18.2 Å². The van der Waals surface area contributed by atoms with Crippen LogP contribution in [-0.2, 0) is 35.1 Å². The maximum atomic E-state index is 12.7. The highest BCUT2D eigenvalue weighted by atomic mass is 16.6. The van der Waals surface area contributed by atoms with E-state index in [0.717, 1.165) is 0 Å². The number of benzene rings is 1. The molecule has 0 aliphatic rings. The largest absolute Gasteiger partial charge is 0.468 e. The standard InChI is InChI=1S/C27H41NO8/c1-7-9-23(29)35-21-13-12-20(15-22(21)36-24(30)10-8-2)17-27(28,26(32)33-6)16-19(5)34-25(31)14-11-18(3)4/h12-13,15,18-19H,7-11,14,16-17,28H2,1-6H3/t19-,27?/m0/s1. The molecule has 0 aromatic heterocycles. The number of carbonyl (C=O) groups is 4. The van der Waals surface area contributed by atoms with Crippen molar-refractivity contribution in [2.24, 2.45) is 11.7 Å². The molecule has 0 aliphatic carbocycles. The predicted molar refractivity (Wildman–Crippen MR) is 134 cm³/mol. The van der Waals surface area contributed by atoms with Crippen LogP contribution in [-0.4, -0.2) is 42.6 Å². The van der Waals surface area contributed by atoms with E-state index in [-0.39, 0.29) is 49.6 Å². The monoisotopic (exact) mass is 507 g/mol. The minimum absolute atomic E-state index is 0.00900. The van der Waals surface area contributed by atoms with Gasteiger partial charge in [-0.1, -0.05) is 33.8 Å². The number of hydrogen-bond donors (Lipinski definition) is 1. The van der Waals surface area contributed by atoms with E-state index >= 15 is 0 Å². The molecule has 9 heteroatoms. The lowest BCUT2D eigenvalue weighted by atomic mass is 9.86. The SMILES string of the molecule is CCCC(=O)Oc1ccc(CC(N)(C[C@H](C)OC(=O)CCC(C)C)C(=O)OC)cc1OC(=O)CCC. The Kier molecular flexibility index (Phi) is 13.2. The molecule has 0 aliphatic heterocycles. The summed E-state index contributed by atoms with van der Waals surface area (Å²) in [4.78, 5) is 49.0. The summed E-state index contributed by atoms with van der Waals surface area (Å²) in [6.07, 6.45) is 1.97. The van der Waals surface area contributed by atoms with Crippen LogP contribution in [0.25, 0.3) is 0 Å². The van der Waals surface area contributed by atoms with E-state index in [4.69, 9.17) is 24.7 Å². The van der Waals surface area contributed by atoms with E-state index in [9.17, 15) is 19.2 Å². The van der Waals surface area contributed by atoms with Crippen molar-refractivity contribution in [3.8, 4) is 11.5 Å². The third kappa shape index (κ3) is 10.8. The van der Waals surface area contributed by atoms with Gasteiger partial charge in [0.05, 0.1) is 7.11 Å². The van der Waals surface area contributed by atoms with Crippen molar-refractivity contribution in [2.45, 2.75) is 97.6 Å². The minimum atomic E-state index is -1.52. The van der Waals surface area contributed by atoms with Crippen LogP contribution in [0.4, 0.5) is 0 Å². The van der Waals surface area contributed by atoms with Crippen molar-refractivity contribution in [3.05, 3.63) is 23.8 Å². The molecule has 9 nitrogen and oxygen atoms in total. The maximum Gasteiger partial charge on any atom is 0.326 e. The first-order valence-electron chi connectivity index (χ1n) is 12.5. The molecule has 1 rings (SSSR count). The van der Waals surface area contributed by atoms with Crippen molar-refractivity contribution < 1.29 is 38.1 Å². The molecule has 2 atom stereocenters. The molecule has 0 spiro atoms. The molecule has 0 saturated heterocycles. The molecule has 0 heterocycles. The average molecular weight is 508 g/mol. The molecule has 0 saturated carbocycles. The molecular weight excluding hydrogens is 466 g/mol. The van der Waals surface area contributed by atoms with Gasteiger partial charge >= 0.3 is 23.9 Å². The van der Waals surface area contributed by atoms with Gasteiger partial charge in [-0.2, -0.15) is 0 Å². The Hall–Kier alpha value is -2.94. The summed E-state index contributed by atoms with van der Waals surface area (Å²) in [5.74, 6) is -1.42. The Balaban J connectivity index is 3.15. The molecular formula is C27H41NO8. The number of carbonyl (C=O) groups excluding carboxylic acids is 4. The van der Waals surface area contributed by atoms with Gasteiger partial charge in [-0.25, -0.2) is 0 Å². The number of nitrogens with two attached hydrogens (primary N) is 1. The van der Waals surface area contributed by atoms with Gasteiger partial charge in [-0.05, 0) is 49.8 Å². The van der Waals surface area contributed by atoms with Gasteiger partial charge in [0.15, 0.2) is 11.5 Å². The summed E-state index contributed by atoms with van der Waals surface area (Å²) >= 11 is 0.